The first-order valence-electron chi connectivity index (χ1n) is 6.72. The summed E-state index contributed by atoms with van der Waals surface area (Å²) in [6.45, 7) is 2.04. The predicted molar refractivity (Wildman–Crippen MR) is 72.0 cm³/mol. The number of carbonyl (C=O) groups excluding carboxylic acids is 1. The van der Waals surface area contributed by atoms with Crippen LogP contribution in [-0.4, -0.2) is 35.0 Å². The number of hydrogen-bond donors (Lipinski definition) is 1. The van der Waals surface area contributed by atoms with Crippen LogP contribution in [0.1, 0.15) is 36.8 Å². The third-order valence-corrected chi connectivity index (χ3v) is 3.69. The molecular formula is C15H19NO3. The minimum Gasteiger partial charge on any atom is -0.480 e. The monoisotopic (exact) mass is 261 g/mol. The summed E-state index contributed by atoms with van der Waals surface area (Å²) >= 11 is 0. The first-order chi connectivity index (χ1) is 9.13. The van der Waals surface area contributed by atoms with E-state index in [2.05, 4.69) is 6.07 Å². The molecule has 19 heavy (non-hydrogen) atoms. The van der Waals surface area contributed by atoms with E-state index >= 15 is 0 Å². The van der Waals surface area contributed by atoms with E-state index < -0.39 is 5.97 Å². The van der Waals surface area contributed by atoms with Gasteiger partial charge in [-0.2, -0.15) is 0 Å². The van der Waals surface area contributed by atoms with Gasteiger partial charge >= 0.3 is 5.97 Å². The van der Waals surface area contributed by atoms with Gasteiger partial charge in [0.15, 0.2) is 0 Å². The van der Waals surface area contributed by atoms with Gasteiger partial charge in [-0.05, 0) is 37.3 Å². The van der Waals surface area contributed by atoms with E-state index in [4.69, 9.17) is 5.11 Å². The Hall–Kier alpha value is -1.84. The third-order valence-electron chi connectivity index (χ3n) is 3.69. The molecule has 0 aromatic heterocycles. The first kappa shape index (κ1) is 13.6. The molecule has 1 unspecified atom stereocenters. The molecule has 0 spiro atoms. The summed E-state index contributed by atoms with van der Waals surface area (Å²) < 4.78 is 0. The van der Waals surface area contributed by atoms with Gasteiger partial charge in [-0.1, -0.05) is 24.3 Å². The van der Waals surface area contributed by atoms with Crippen LogP contribution in [0.2, 0.25) is 0 Å². The van der Waals surface area contributed by atoms with Crippen molar-refractivity contribution in [1.82, 2.24) is 4.90 Å². The second-order valence-corrected chi connectivity index (χ2v) is 4.89. The minimum atomic E-state index is -0.959. The summed E-state index contributed by atoms with van der Waals surface area (Å²) in [4.78, 5) is 24.7. The highest BCUT2D eigenvalue weighted by Crippen LogP contribution is 2.32. The second-order valence-electron chi connectivity index (χ2n) is 4.89. The van der Waals surface area contributed by atoms with Crippen LogP contribution in [0.15, 0.2) is 24.3 Å². The quantitative estimate of drug-likeness (QED) is 0.902. The maximum absolute atomic E-state index is 12.5. The Morgan fingerprint density at radius 2 is 2.11 bits per heavy atom. The van der Waals surface area contributed by atoms with E-state index in [-0.39, 0.29) is 18.4 Å². The van der Waals surface area contributed by atoms with E-state index in [0.717, 1.165) is 24.8 Å². The van der Waals surface area contributed by atoms with Crippen molar-refractivity contribution in [2.75, 3.05) is 13.1 Å². The Morgan fingerprint density at radius 3 is 2.79 bits per heavy atom. The normalized spacial score (nSPS) is 17.6. The fourth-order valence-corrected chi connectivity index (χ4v) is 2.74. The van der Waals surface area contributed by atoms with Gasteiger partial charge < -0.3 is 10.0 Å². The molecule has 0 aliphatic heterocycles. The number of amides is 1. The van der Waals surface area contributed by atoms with Crippen LogP contribution in [0.25, 0.3) is 0 Å². The topological polar surface area (TPSA) is 57.6 Å². The van der Waals surface area contributed by atoms with Crippen molar-refractivity contribution in [1.29, 1.82) is 0 Å². The third kappa shape index (κ3) is 2.95. The summed E-state index contributed by atoms with van der Waals surface area (Å²) in [5, 5.41) is 8.86. The molecule has 2 rings (SSSR count). The van der Waals surface area contributed by atoms with Crippen LogP contribution >= 0.6 is 0 Å². The second kappa shape index (κ2) is 5.87. The van der Waals surface area contributed by atoms with E-state index in [1.807, 2.05) is 25.1 Å². The number of likely N-dealkylation sites (N-methyl/N-ethyl adjacent to an activating group) is 1. The molecule has 102 valence electrons. The molecule has 4 heteroatoms. The molecule has 0 saturated carbocycles. The number of benzene rings is 1. The zero-order valence-corrected chi connectivity index (χ0v) is 11.1. The molecular weight excluding hydrogens is 242 g/mol. The lowest BCUT2D eigenvalue weighted by molar-refractivity contribution is -0.145. The Balaban J connectivity index is 2.22. The van der Waals surface area contributed by atoms with Gasteiger partial charge in [0.05, 0.1) is 5.92 Å². The van der Waals surface area contributed by atoms with Crippen molar-refractivity contribution in [3.8, 4) is 0 Å². The van der Waals surface area contributed by atoms with E-state index in [9.17, 15) is 9.59 Å². The molecule has 1 atom stereocenters. The molecule has 1 N–H and O–H groups in total. The number of hydrogen-bond acceptors (Lipinski definition) is 2. The molecule has 1 aromatic carbocycles. The minimum absolute atomic E-state index is 0.0583. The smallest absolute Gasteiger partial charge is 0.323 e. The van der Waals surface area contributed by atoms with Gasteiger partial charge in [-0.15, -0.1) is 0 Å². The van der Waals surface area contributed by atoms with E-state index in [1.165, 1.54) is 10.5 Å². The largest absolute Gasteiger partial charge is 0.480 e. The Morgan fingerprint density at radius 1 is 1.37 bits per heavy atom. The van der Waals surface area contributed by atoms with Gasteiger partial charge in [-0.3, -0.25) is 9.59 Å². The molecule has 1 aliphatic carbocycles. The molecule has 1 aromatic rings. The van der Waals surface area contributed by atoms with Crippen molar-refractivity contribution in [3.63, 3.8) is 0 Å². The number of carboxylic acid groups (broad SMARTS) is 1. The van der Waals surface area contributed by atoms with Crippen LogP contribution in [0.4, 0.5) is 0 Å². The summed E-state index contributed by atoms with van der Waals surface area (Å²) in [5.41, 5.74) is 2.29. The lowest BCUT2D eigenvalue weighted by atomic mass is 9.82. The summed E-state index contributed by atoms with van der Waals surface area (Å²) in [5.74, 6) is -1.19. The highest BCUT2D eigenvalue weighted by Gasteiger charge is 2.29. The van der Waals surface area contributed by atoms with Crippen molar-refractivity contribution in [2.24, 2.45) is 0 Å². The molecule has 0 bridgehead atoms. The van der Waals surface area contributed by atoms with Crippen LogP contribution < -0.4 is 0 Å². The molecule has 1 aliphatic rings. The van der Waals surface area contributed by atoms with Crippen LogP contribution in [0.5, 0.6) is 0 Å². The summed E-state index contributed by atoms with van der Waals surface area (Å²) in [7, 11) is 0. The Kier molecular flexibility index (Phi) is 4.20. The van der Waals surface area contributed by atoms with Crippen LogP contribution in [-0.2, 0) is 16.0 Å². The number of nitrogens with zero attached hydrogens (tertiary/aromatic N) is 1. The van der Waals surface area contributed by atoms with Gasteiger partial charge in [0.1, 0.15) is 6.54 Å². The molecule has 1 amide bonds. The average molecular weight is 261 g/mol. The summed E-state index contributed by atoms with van der Waals surface area (Å²) in [6.07, 6.45) is 2.80. The fourth-order valence-electron chi connectivity index (χ4n) is 2.74. The van der Waals surface area contributed by atoms with Crippen molar-refractivity contribution in [3.05, 3.63) is 35.4 Å². The highest BCUT2D eigenvalue weighted by molar-refractivity contribution is 5.87. The Labute approximate surface area is 113 Å². The summed E-state index contributed by atoms with van der Waals surface area (Å²) in [6, 6.07) is 7.98. The molecule has 0 saturated heterocycles. The molecule has 4 nitrogen and oxygen atoms in total. The first-order valence-corrected chi connectivity index (χ1v) is 6.72. The average Bonchev–Trinajstić information content (AvgIpc) is 2.43. The number of rotatable bonds is 4. The zero-order chi connectivity index (χ0) is 13.8. The van der Waals surface area contributed by atoms with Crippen molar-refractivity contribution < 1.29 is 14.7 Å². The maximum Gasteiger partial charge on any atom is 0.323 e. The van der Waals surface area contributed by atoms with E-state index in [0.29, 0.717) is 6.54 Å². The molecule has 0 radical (unpaired) electrons. The lowest BCUT2D eigenvalue weighted by Crippen LogP contribution is -2.39. The predicted octanol–water partition coefficient (Wildman–Crippen LogP) is 2.04. The molecule has 0 fully saturated rings. The maximum atomic E-state index is 12.5. The number of fused-ring (bicyclic) bond motifs is 1. The number of aliphatic carboxylic acids is 1. The number of carbonyl (C=O) groups is 2. The fraction of sp³-hybridized carbons (Fsp3) is 0.467. The molecule has 0 heterocycles. The number of carboxylic acids is 1. The van der Waals surface area contributed by atoms with Crippen LogP contribution in [0.3, 0.4) is 0 Å². The zero-order valence-electron chi connectivity index (χ0n) is 11.1. The van der Waals surface area contributed by atoms with E-state index in [1.54, 1.807) is 0 Å². The standard InChI is InChI=1S/C15H19NO3/c1-2-16(10-14(17)18)15(19)13-9-5-7-11-6-3-4-8-12(11)13/h3-4,6,8,13H,2,5,7,9-10H2,1H3,(H,17,18). The van der Waals surface area contributed by atoms with Gasteiger partial charge in [0, 0.05) is 6.54 Å². The van der Waals surface area contributed by atoms with Gasteiger partial charge in [0.25, 0.3) is 0 Å². The highest BCUT2D eigenvalue weighted by atomic mass is 16.4. The number of aryl methyl sites for hydroxylation is 1. The lowest BCUT2D eigenvalue weighted by Gasteiger charge is -2.29. The Bertz CT molecular complexity index is 484. The van der Waals surface area contributed by atoms with Gasteiger partial charge in [-0.25, -0.2) is 0 Å². The van der Waals surface area contributed by atoms with Gasteiger partial charge in [0.2, 0.25) is 5.91 Å². The van der Waals surface area contributed by atoms with Crippen molar-refractivity contribution >= 4 is 11.9 Å². The van der Waals surface area contributed by atoms with Crippen LogP contribution in [0, 0.1) is 0 Å². The van der Waals surface area contributed by atoms with Crippen molar-refractivity contribution in [2.45, 2.75) is 32.1 Å². The SMILES string of the molecule is CCN(CC(=O)O)C(=O)C1CCCc2ccccc21.